The van der Waals surface area contributed by atoms with Crippen LogP contribution < -0.4 is 5.73 Å². The van der Waals surface area contributed by atoms with Gasteiger partial charge in [0.1, 0.15) is 5.69 Å². The molecule has 2 N–H and O–H groups in total. The van der Waals surface area contributed by atoms with Crippen LogP contribution in [0, 0.1) is 6.92 Å². The zero-order valence-electron chi connectivity index (χ0n) is 8.64. The first-order valence-corrected chi connectivity index (χ1v) is 5.09. The van der Waals surface area contributed by atoms with E-state index in [9.17, 15) is 4.79 Å². The number of carbonyl (C=O) groups is 1. The number of hydrogen-bond acceptors (Lipinski definition) is 2. The summed E-state index contributed by atoms with van der Waals surface area (Å²) in [5, 5.41) is 4.72. The van der Waals surface area contributed by atoms with E-state index in [0.29, 0.717) is 22.1 Å². The zero-order chi connectivity index (χ0) is 11.7. The first-order chi connectivity index (χ1) is 7.59. The number of primary amides is 1. The number of carbonyl (C=O) groups excluding carboxylic acids is 1. The molecule has 0 atom stereocenters. The highest BCUT2D eigenvalue weighted by Gasteiger charge is 2.13. The number of aromatic nitrogens is 2. The summed E-state index contributed by atoms with van der Waals surface area (Å²) in [5.74, 6) is -0.527. The second-order valence-corrected chi connectivity index (χ2v) is 3.81. The molecule has 0 bridgehead atoms. The van der Waals surface area contributed by atoms with E-state index < -0.39 is 5.91 Å². The van der Waals surface area contributed by atoms with Crippen molar-refractivity contribution in [1.82, 2.24) is 9.78 Å². The van der Waals surface area contributed by atoms with Gasteiger partial charge in [0, 0.05) is 0 Å². The second kappa shape index (κ2) is 3.98. The lowest BCUT2D eigenvalue weighted by molar-refractivity contribution is 0.0993. The van der Waals surface area contributed by atoms with Crippen LogP contribution in [0.25, 0.3) is 5.69 Å². The van der Waals surface area contributed by atoms with Crippen LogP contribution in [0.15, 0.2) is 30.3 Å². The third-order valence-corrected chi connectivity index (χ3v) is 2.48. The first kappa shape index (κ1) is 10.7. The van der Waals surface area contributed by atoms with E-state index in [4.69, 9.17) is 17.3 Å². The van der Waals surface area contributed by atoms with Crippen LogP contribution >= 0.6 is 11.6 Å². The summed E-state index contributed by atoms with van der Waals surface area (Å²) in [5.41, 5.74) is 6.96. The monoisotopic (exact) mass is 235 g/mol. The van der Waals surface area contributed by atoms with Crippen LogP contribution in [0.2, 0.25) is 5.02 Å². The maximum absolute atomic E-state index is 11.2. The Kier molecular flexibility index (Phi) is 2.66. The quantitative estimate of drug-likeness (QED) is 0.865. The molecule has 1 amide bonds. The van der Waals surface area contributed by atoms with E-state index in [0.717, 1.165) is 0 Å². The summed E-state index contributed by atoms with van der Waals surface area (Å²) in [7, 11) is 0. The van der Waals surface area contributed by atoms with Gasteiger partial charge in [-0.3, -0.25) is 4.79 Å². The Labute approximate surface area is 97.6 Å². The number of benzene rings is 1. The fourth-order valence-electron chi connectivity index (χ4n) is 1.48. The minimum Gasteiger partial charge on any atom is -0.364 e. The van der Waals surface area contributed by atoms with Gasteiger partial charge in [-0.05, 0) is 25.1 Å². The zero-order valence-corrected chi connectivity index (χ0v) is 9.40. The Balaban J connectivity index is 2.64. The van der Waals surface area contributed by atoms with Gasteiger partial charge in [0.25, 0.3) is 5.91 Å². The first-order valence-electron chi connectivity index (χ1n) is 4.71. The summed E-state index contributed by atoms with van der Waals surface area (Å²) in [6.45, 7) is 1.79. The van der Waals surface area contributed by atoms with Crippen molar-refractivity contribution in [2.24, 2.45) is 5.73 Å². The van der Waals surface area contributed by atoms with E-state index in [2.05, 4.69) is 5.10 Å². The molecule has 2 aromatic rings. The highest BCUT2D eigenvalue weighted by molar-refractivity contribution is 6.32. The second-order valence-electron chi connectivity index (χ2n) is 3.40. The standard InChI is InChI=1S/C11H10ClN3O/c1-7-6-10(11(13)16)15(14-7)9-5-3-2-4-8(9)12/h2-6H,1H3,(H2,13,16). The fraction of sp³-hybridized carbons (Fsp3) is 0.0909. The number of halogens is 1. The molecule has 0 aliphatic carbocycles. The van der Waals surface area contributed by atoms with Crippen molar-refractivity contribution in [2.75, 3.05) is 0 Å². The smallest absolute Gasteiger partial charge is 0.267 e. The molecule has 0 saturated heterocycles. The van der Waals surface area contributed by atoms with E-state index in [1.54, 1.807) is 25.1 Å². The molecule has 16 heavy (non-hydrogen) atoms. The summed E-state index contributed by atoms with van der Waals surface area (Å²) < 4.78 is 1.46. The average molecular weight is 236 g/mol. The number of hydrogen-bond donors (Lipinski definition) is 1. The van der Waals surface area contributed by atoms with Gasteiger partial charge in [0.05, 0.1) is 16.4 Å². The Morgan fingerprint density at radius 3 is 2.75 bits per heavy atom. The molecule has 0 unspecified atom stereocenters. The summed E-state index contributed by atoms with van der Waals surface area (Å²) in [4.78, 5) is 11.2. The lowest BCUT2D eigenvalue weighted by atomic mass is 10.3. The van der Waals surface area contributed by atoms with Gasteiger partial charge in [-0.25, -0.2) is 4.68 Å². The average Bonchev–Trinajstić information content (AvgIpc) is 2.61. The Hall–Kier alpha value is -1.81. The van der Waals surface area contributed by atoms with E-state index in [1.165, 1.54) is 4.68 Å². The molecule has 0 radical (unpaired) electrons. The third-order valence-electron chi connectivity index (χ3n) is 2.16. The molecule has 0 saturated carbocycles. The molecule has 0 fully saturated rings. The van der Waals surface area contributed by atoms with Crippen LogP contribution in [0.4, 0.5) is 0 Å². The lowest BCUT2D eigenvalue weighted by Gasteiger charge is -2.06. The summed E-state index contributed by atoms with van der Waals surface area (Å²) in [6, 6.07) is 8.78. The van der Waals surface area contributed by atoms with Crippen LogP contribution in [0.1, 0.15) is 16.2 Å². The minimum absolute atomic E-state index is 0.325. The largest absolute Gasteiger partial charge is 0.364 e. The number of amides is 1. The molecule has 0 spiro atoms. The number of rotatable bonds is 2. The maximum atomic E-state index is 11.2. The van der Waals surface area contributed by atoms with Crippen molar-refractivity contribution in [3.8, 4) is 5.69 Å². The van der Waals surface area contributed by atoms with E-state index in [-0.39, 0.29) is 0 Å². The van der Waals surface area contributed by atoms with Gasteiger partial charge in [-0.2, -0.15) is 5.10 Å². The van der Waals surface area contributed by atoms with E-state index >= 15 is 0 Å². The Bertz CT molecular complexity index is 548. The van der Waals surface area contributed by atoms with Crippen molar-refractivity contribution in [3.63, 3.8) is 0 Å². The highest BCUT2D eigenvalue weighted by Crippen LogP contribution is 2.21. The SMILES string of the molecule is Cc1cc(C(N)=O)n(-c2ccccc2Cl)n1. The topological polar surface area (TPSA) is 60.9 Å². The molecular weight excluding hydrogens is 226 g/mol. The predicted molar refractivity (Wildman–Crippen MR) is 61.8 cm³/mol. The Morgan fingerprint density at radius 1 is 1.44 bits per heavy atom. The molecule has 82 valence electrons. The van der Waals surface area contributed by atoms with Gasteiger partial charge in [0.15, 0.2) is 0 Å². The fourth-order valence-corrected chi connectivity index (χ4v) is 1.70. The van der Waals surface area contributed by atoms with E-state index in [1.807, 2.05) is 12.1 Å². The number of nitrogens with zero attached hydrogens (tertiary/aromatic N) is 2. The minimum atomic E-state index is -0.527. The van der Waals surface area contributed by atoms with Crippen LogP contribution in [0.3, 0.4) is 0 Å². The van der Waals surface area contributed by atoms with Crippen LogP contribution in [-0.4, -0.2) is 15.7 Å². The molecule has 0 aliphatic rings. The molecular formula is C11H10ClN3O. The normalized spacial score (nSPS) is 10.4. The molecule has 4 nitrogen and oxygen atoms in total. The lowest BCUT2D eigenvalue weighted by Crippen LogP contribution is -2.16. The van der Waals surface area contributed by atoms with Crippen LogP contribution in [0.5, 0.6) is 0 Å². The third kappa shape index (κ3) is 1.79. The summed E-state index contributed by atoms with van der Waals surface area (Å²) in [6.07, 6.45) is 0. The molecule has 1 aromatic carbocycles. The highest BCUT2D eigenvalue weighted by atomic mass is 35.5. The molecule has 1 heterocycles. The van der Waals surface area contributed by atoms with Gasteiger partial charge >= 0.3 is 0 Å². The van der Waals surface area contributed by atoms with Crippen molar-refractivity contribution in [3.05, 3.63) is 46.7 Å². The van der Waals surface area contributed by atoms with Gasteiger partial charge in [-0.15, -0.1) is 0 Å². The number of para-hydroxylation sites is 1. The van der Waals surface area contributed by atoms with Gasteiger partial charge < -0.3 is 5.73 Å². The number of aryl methyl sites for hydroxylation is 1. The molecule has 0 aliphatic heterocycles. The van der Waals surface area contributed by atoms with Crippen molar-refractivity contribution in [1.29, 1.82) is 0 Å². The van der Waals surface area contributed by atoms with Gasteiger partial charge in [0.2, 0.25) is 0 Å². The maximum Gasteiger partial charge on any atom is 0.267 e. The predicted octanol–water partition coefficient (Wildman–Crippen LogP) is 1.93. The van der Waals surface area contributed by atoms with Crippen molar-refractivity contribution in [2.45, 2.75) is 6.92 Å². The molecule has 2 rings (SSSR count). The summed E-state index contributed by atoms with van der Waals surface area (Å²) >= 11 is 6.03. The van der Waals surface area contributed by atoms with Crippen LogP contribution in [-0.2, 0) is 0 Å². The van der Waals surface area contributed by atoms with Crippen molar-refractivity contribution >= 4 is 17.5 Å². The molecule has 1 aromatic heterocycles. The molecule has 5 heteroatoms. The van der Waals surface area contributed by atoms with Crippen molar-refractivity contribution < 1.29 is 4.79 Å². The Morgan fingerprint density at radius 2 is 2.12 bits per heavy atom. The number of nitrogens with two attached hydrogens (primary N) is 1. The van der Waals surface area contributed by atoms with Gasteiger partial charge in [-0.1, -0.05) is 23.7 Å².